The van der Waals surface area contributed by atoms with Crippen molar-refractivity contribution >= 4 is 17.5 Å². The van der Waals surface area contributed by atoms with Gasteiger partial charge in [-0.2, -0.15) is 0 Å². The van der Waals surface area contributed by atoms with E-state index in [0.717, 1.165) is 36.8 Å². The molecule has 3 aromatic rings. The van der Waals surface area contributed by atoms with Gasteiger partial charge in [-0.1, -0.05) is 51.0 Å². The Morgan fingerprint density at radius 2 is 1.61 bits per heavy atom. The molecule has 7 heteroatoms. The first-order chi connectivity index (χ1) is 17.5. The number of amides is 2. The number of furan rings is 1. The highest BCUT2D eigenvalue weighted by molar-refractivity contribution is 6.08. The number of rotatable bonds is 7. The fraction of sp³-hybridized carbons (Fsp3) is 0.379. The van der Waals surface area contributed by atoms with Gasteiger partial charge in [0.25, 0.3) is 5.91 Å². The summed E-state index contributed by atoms with van der Waals surface area (Å²) in [4.78, 5) is 29.3. The zero-order chi connectivity index (χ0) is 25.1. The van der Waals surface area contributed by atoms with Crippen LogP contribution in [-0.2, 0) is 4.79 Å². The van der Waals surface area contributed by atoms with Crippen LogP contribution >= 0.6 is 0 Å². The van der Waals surface area contributed by atoms with E-state index in [4.69, 9.17) is 13.9 Å². The Balaban J connectivity index is 1.60. The van der Waals surface area contributed by atoms with Crippen LogP contribution in [-0.4, -0.2) is 31.1 Å². The largest absolute Gasteiger partial charge is 0.486 e. The van der Waals surface area contributed by atoms with E-state index in [-0.39, 0.29) is 17.7 Å². The lowest BCUT2D eigenvalue weighted by atomic mass is 9.97. The number of carbonyl (C=O) groups excluding carboxylic acids is 2. The van der Waals surface area contributed by atoms with Gasteiger partial charge < -0.3 is 19.2 Å². The predicted molar refractivity (Wildman–Crippen MR) is 137 cm³/mol. The van der Waals surface area contributed by atoms with Crippen molar-refractivity contribution in [2.75, 3.05) is 18.1 Å². The van der Waals surface area contributed by atoms with Gasteiger partial charge in [0.1, 0.15) is 19.3 Å². The van der Waals surface area contributed by atoms with E-state index in [1.54, 1.807) is 30.3 Å². The van der Waals surface area contributed by atoms with Crippen molar-refractivity contribution in [3.8, 4) is 11.5 Å². The van der Waals surface area contributed by atoms with E-state index >= 15 is 0 Å². The van der Waals surface area contributed by atoms with Crippen LogP contribution in [0.25, 0.3) is 0 Å². The fourth-order valence-corrected chi connectivity index (χ4v) is 4.92. The number of hydrogen-bond acceptors (Lipinski definition) is 5. The highest BCUT2D eigenvalue weighted by Crippen LogP contribution is 2.38. The second kappa shape index (κ2) is 10.5. The summed E-state index contributed by atoms with van der Waals surface area (Å²) in [7, 11) is 0. The van der Waals surface area contributed by atoms with Crippen LogP contribution in [0.3, 0.4) is 0 Å². The number of anilines is 1. The standard InChI is InChI=1S/C29H32N2O5/c1-19(2)20-9-11-21(12-10-20)27(28(32)30-22-6-3-4-7-22)31(29(33)25-8-5-15-34-25)23-13-14-24-26(18-23)36-17-16-35-24/h5,8-15,18-19,22,27H,3-4,6-7,16-17H2,1-2H3,(H,30,32)/t27-/m0/s1. The summed E-state index contributed by atoms with van der Waals surface area (Å²) in [5.41, 5.74) is 2.42. The van der Waals surface area contributed by atoms with Gasteiger partial charge in [-0.25, -0.2) is 0 Å². The first-order valence-corrected chi connectivity index (χ1v) is 12.7. The number of ether oxygens (including phenoxy) is 2. The molecule has 1 aliphatic heterocycles. The number of hydrogen-bond donors (Lipinski definition) is 1. The van der Waals surface area contributed by atoms with Crippen molar-refractivity contribution in [3.63, 3.8) is 0 Å². The molecule has 1 fully saturated rings. The average Bonchev–Trinajstić information content (AvgIpc) is 3.61. The molecule has 1 saturated carbocycles. The third-order valence-corrected chi connectivity index (χ3v) is 6.88. The molecule has 0 bridgehead atoms. The van der Waals surface area contributed by atoms with Crippen LogP contribution in [0.2, 0.25) is 0 Å². The normalized spacial score (nSPS) is 16.1. The van der Waals surface area contributed by atoms with Crippen LogP contribution < -0.4 is 19.7 Å². The molecule has 36 heavy (non-hydrogen) atoms. The Kier molecular flexibility index (Phi) is 6.98. The molecule has 0 spiro atoms. The molecule has 0 radical (unpaired) electrons. The zero-order valence-electron chi connectivity index (χ0n) is 20.7. The minimum absolute atomic E-state index is 0.107. The maximum Gasteiger partial charge on any atom is 0.294 e. The van der Waals surface area contributed by atoms with E-state index < -0.39 is 11.9 Å². The van der Waals surface area contributed by atoms with Crippen LogP contribution in [0, 0.1) is 0 Å². The molecule has 1 aliphatic carbocycles. The number of carbonyl (C=O) groups is 2. The average molecular weight is 489 g/mol. The van der Waals surface area contributed by atoms with E-state index in [1.165, 1.54) is 11.2 Å². The molecule has 1 N–H and O–H groups in total. The Morgan fingerprint density at radius 3 is 2.28 bits per heavy atom. The van der Waals surface area contributed by atoms with Crippen molar-refractivity contribution in [3.05, 3.63) is 77.7 Å². The van der Waals surface area contributed by atoms with Crippen LogP contribution in [0.5, 0.6) is 11.5 Å². The predicted octanol–water partition coefficient (Wildman–Crippen LogP) is 5.62. The lowest BCUT2D eigenvalue weighted by Gasteiger charge is -2.32. The third-order valence-electron chi connectivity index (χ3n) is 6.88. The first-order valence-electron chi connectivity index (χ1n) is 12.7. The molecule has 2 aliphatic rings. The quantitative estimate of drug-likeness (QED) is 0.467. The van der Waals surface area contributed by atoms with Crippen molar-refractivity contribution in [1.29, 1.82) is 0 Å². The van der Waals surface area contributed by atoms with Gasteiger partial charge in [0.2, 0.25) is 5.91 Å². The summed E-state index contributed by atoms with van der Waals surface area (Å²) >= 11 is 0. The molecular weight excluding hydrogens is 456 g/mol. The highest BCUT2D eigenvalue weighted by Gasteiger charge is 2.36. The SMILES string of the molecule is CC(C)c1ccc([C@@H](C(=O)NC2CCCC2)N(C(=O)c2ccco2)c2ccc3c(c2)OCCO3)cc1. The Hall–Kier alpha value is -3.74. The zero-order valence-corrected chi connectivity index (χ0v) is 20.7. The molecule has 188 valence electrons. The van der Waals surface area contributed by atoms with Crippen molar-refractivity contribution in [2.45, 2.75) is 57.5 Å². The van der Waals surface area contributed by atoms with Crippen LogP contribution in [0.4, 0.5) is 5.69 Å². The summed E-state index contributed by atoms with van der Waals surface area (Å²) < 4.78 is 17.0. The lowest BCUT2D eigenvalue weighted by Crippen LogP contribution is -2.46. The molecular formula is C29H32N2O5. The number of nitrogens with one attached hydrogen (secondary N) is 1. The number of nitrogens with zero attached hydrogens (tertiary/aromatic N) is 1. The summed E-state index contributed by atoms with van der Waals surface area (Å²) in [6.45, 7) is 5.14. The maximum absolute atomic E-state index is 13.9. The molecule has 0 unspecified atom stereocenters. The van der Waals surface area contributed by atoms with Gasteiger partial charge in [-0.05, 0) is 54.2 Å². The van der Waals surface area contributed by atoms with Gasteiger partial charge in [0, 0.05) is 17.8 Å². The molecule has 1 aromatic heterocycles. The molecule has 5 rings (SSSR count). The smallest absolute Gasteiger partial charge is 0.294 e. The van der Waals surface area contributed by atoms with E-state index in [1.807, 2.05) is 24.3 Å². The van der Waals surface area contributed by atoms with Gasteiger partial charge in [-0.15, -0.1) is 0 Å². The van der Waals surface area contributed by atoms with Crippen LogP contribution in [0.1, 0.15) is 73.2 Å². The highest BCUT2D eigenvalue weighted by atomic mass is 16.6. The van der Waals surface area contributed by atoms with Gasteiger partial charge in [0.15, 0.2) is 17.3 Å². The summed E-state index contributed by atoms with van der Waals surface area (Å²) in [5.74, 6) is 1.04. The summed E-state index contributed by atoms with van der Waals surface area (Å²) in [6.07, 6.45) is 5.54. The second-order valence-electron chi connectivity index (χ2n) is 9.69. The topological polar surface area (TPSA) is 81.0 Å². The van der Waals surface area contributed by atoms with Gasteiger partial charge in [0.05, 0.1) is 6.26 Å². The summed E-state index contributed by atoms with van der Waals surface area (Å²) in [6, 6.07) is 15.7. The molecule has 2 heterocycles. The fourth-order valence-electron chi connectivity index (χ4n) is 4.92. The summed E-state index contributed by atoms with van der Waals surface area (Å²) in [5, 5.41) is 3.21. The van der Waals surface area contributed by atoms with Crippen molar-refractivity contribution in [2.24, 2.45) is 0 Å². The molecule has 2 aromatic carbocycles. The molecule has 1 atom stereocenters. The van der Waals surface area contributed by atoms with Gasteiger partial charge >= 0.3 is 0 Å². The van der Waals surface area contributed by atoms with E-state index in [9.17, 15) is 9.59 Å². The van der Waals surface area contributed by atoms with Gasteiger partial charge in [-0.3, -0.25) is 14.5 Å². The minimum atomic E-state index is -0.896. The minimum Gasteiger partial charge on any atom is -0.486 e. The monoisotopic (exact) mass is 488 g/mol. The van der Waals surface area contributed by atoms with Crippen molar-refractivity contribution in [1.82, 2.24) is 5.32 Å². The molecule has 0 saturated heterocycles. The number of fused-ring (bicyclic) bond motifs is 1. The Bertz CT molecular complexity index is 1200. The van der Waals surface area contributed by atoms with Crippen molar-refractivity contribution < 1.29 is 23.5 Å². The second-order valence-corrected chi connectivity index (χ2v) is 9.69. The molecule has 7 nitrogen and oxygen atoms in total. The number of benzene rings is 2. The Labute approximate surface area is 211 Å². The maximum atomic E-state index is 13.9. The molecule has 2 amide bonds. The lowest BCUT2D eigenvalue weighted by molar-refractivity contribution is -0.123. The third kappa shape index (κ3) is 4.96. The van der Waals surface area contributed by atoms with E-state index in [2.05, 4.69) is 19.2 Å². The van der Waals surface area contributed by atoms with E-state index in [0.29, 0.717) is 36.3 Å². The van der Waals surface area contributed by atoms with Crippen LogP contribution in [0.15, 0.2) is 65.3 Å². The Morgan fingerprint density at radius 1 is 0.917 bits per heavy atom. The first kappa shape index (κ1) is 24.0.